The number of hydrogen-bond donors (Lipinski definition) is 1. The first-order valence-corrected chi connectivity index (χ1v) is 6.33. The zero-order chi connectivity index (χ0) is 11.5. The summed E-state index contributed by atoms with van der Waals surface area (Å²) < 4.78 is 4.32. The predicted molar refractivity (Wildman–Crippen MR) is 64.8 cm³/mol. The zero-order valence-corrected chi connectivity index (χ0v) is 10.6. The van der Waals surface area contributed by atoms with E-state index in [1.807, 2.05) is 19.0 Å². The van der Waals surface area contributed by atoms with E-state index in [4.69, 9.17) is 0 Å². The van der Waals surface area contributed by atoms with Crippen LogP contribution in [0.4, 0.5) is 5.13 Å². The van der Waals surface area contributed by atoms with Crippen molar-refractivity contribution in [2.24, 2.45) is 0 Å². The minimum atomic E-state index is -0.180. The summed E-state index contributed by atoms with van der Waals surface area (Å²) in [6.45, 7) is 2.53. The molecule has 0 saturated carbocycles. The quantitative estimate of drug-likeness (QED) is 0.839. The van der Waals surface area contributed by atoms with Crippen molar-refractivity contribution in [1.29, 1.82) is 0 Å². The fourth-order valence-electron chi connectivity index (χ4n) is 1.87. The van der Waals surface area contributed by atoms with E-state index in [1.54, 1.807) is 0 Å². The fraction of sp³-hybridized carbons (Fsp3) is 0.800. The Morgan fingerprint density at radius 3 is 3.00 bits per heavy atom. The minimum absolute atomic E-state index is 0.180. The van der Waals surface area contributed by atoms with Crippen LogP contribution < -0.4 is 4.90 Å². The Morgan fingerprint density at radius 2 is 2.38 bits per heavy atom. The Balaban J connectivity index is 1.92. The lowest BCUT2D eigenvalue weighted by Gasteiger charge is -2.28. The molecule has 1 atom stereocenters. The van der Waals surface area contributed by atoms with E-state index >= 15 is 0 Å². The smallest absolute Gasteiger partial charge is 0.204 e. The molecule has 5 nitrogen and oxygen atoms in total. The van der Waals surface area contributed by atoms with Crippen LogP contribution in [0.1, 0.15) is 18.7 Å². The molecular formula is C10H18N4OS. The summed E-state index contributed by atoms with van der Waals surface area (Å²) in [7, 11) is 3.93. The van der Waals surface area contributed by atoms with Gasteiger partial charge in [0.15, 0.2) is 5.82 Å². The minimum Gasteiger partial charge on any atom is -0.392 e. The first kappa shape index (κ1) is 11.8. The monoisotopic (exact) mass is 242 g/mol. The fourth-order valence-corrected chi connectivity index (χ4v) is 2.46. The van der Waals surface area contributed by atoms with Crippen molar-refractivity contribution in [3.05, 3.63) is 5.82 Å². The van der Waals surface area contributed by atoms with E-state index in [-0.39, 0.29) is 6.10 Å². The van der Waals surface area contributed by atoms with E-state index < -0.39 is 0 Å². The van der Waals surface area contributed by atoms with Gasteiger partial charge in [-0.15, -0.1) is 0 Å². The van der Waals surface area contributed by atoms with Gasteiger partial charge in [0, 0.05) is 32.2 Å². The SMILES string of the molecule is CN(C)c1nc(CN2CCCC(O)C2)ns1. The van der Waals surface area contributed by atoms with Crippen LogP contribution in [0, 0.1) is 0 Å². The van der Waals surface area contributed by atoms with E-state index in [0.29, 0.717) is 0 Å². The lowest BCUT2D eigenvalue weighted by Crippen LogP contribution is -2.37. The Kier molecular flexibility index (Phi) is 3.73. The maximum atomic E-state index is 9.56. The summed E-state index contributed by atoms with van der Waals surface area (Å²) in [5.41, 5.74) is 0. The Hall–Kier alpha value is -0.720. The molecule has 0 bridgehead atoms. The number of aromatic nitrogens is 2. The van der Waals surface area contributed by atoms with Crippen LogP contribution in [0.25, 0.3) is 0 Å². The normalized spacial score (nSPS) is 22.3. The van der Waals surface area contributed by atoms with Crippen molar-refractivity contribution < 1.29 is 5.11 Å². The van der Waals surface area contributed by atoms with Gasteiger partial charge >= 0.3 is 0 Å². The van der Waals surface area contributed by atoms with Crippen LogP contribution in [0.3, 0.4) is 0 Å². The molecule has 0 radical (unpaired) electrons. The second-order valence-corrected chi connectivity index (χ2v) is 5.15. The van der Waals surface area contributed by atoms with Crippen molar-refractivity contribution in [1.82, 2.24) is 14.3 Å². The van der Waals surface area contributed by atoms with Crippen LogP contribution in [-0.4, -0.2) is 52.7 Å². The molecule has 0 aliphatic carbocycles. The molecule has 0 amide bonds. The highest BCUT2D eigenvalue weighted by molar-refractivity contribution is 7.09. The van der Waals surface area contributed by atoms with Crippen LogP contribution in [-0.2, 0) is 6.54 Å². The highest BCUT2D eigenvalue weighted by atomic mass is 32.1. The first-order valence-electron chi connectivity index (χ1n) is 5.55. The third kappa shape index (κ3) is 2.90. The summed E-state index contributed by atoms with van der Waals surface area (Å²) in [4.78, 5) is 8.62. The molecular weight excluding hydrogens is 224 g/mol. The molecule has 0 aromatic carbocycles. The van der Waals surface area contributed by atoms with Crippen molar-refractivity contribution >= 4 is 16.7 Å². The Labute approximate surface area is 99.9 Å². The number of β-amino-alcohol motifs (C(OH)–C–C–N with tert-alkyl or cyclic N) is 1. The Morgan fingerprint density at radius 1 is 1.56 bits per heavy atom. The van der Waals surface area contributed by atoms with Crippen molar-refractivity contribution in [2.45, 2.75) is 25.5 Å². The van der Waals surface area contributed by atoms with Gasteiger partial charge in [0.2, 0.25) is 5.13 Å². The summed E-state index contributed by atoms with van der Waals surface area (Å²) in [6, 6.07) is 0. The number of likely N-dealkylation sites (tertiary alicyclic amines) is 1. The van der Waals surface area contributed by atoms with Crippen LogP contribution in [0.2, 0.25) is 0 Å². The average molecular weight is 242 g/mol. The van der Waals surface area contributed by atoms with Gasteiger partial charge in [-0.25, -0.2) is 4.98 Å². The topological polar surface area (TPSA) is 52.5 Å². The van der Waals surface area contributed by atoms with Gasteiger partial charge in [-0.05, 0) is 19.4 Å². The third-order valence-electron chi connectivity index (χ3n) is 2.69. The second-order valence-electron chi connectivity index (χ2n) is 4.42. The molecule has 1 aliphatic rings. The molecule has 1 aromatic rings. The summed E-state index contributed by atoms with van der Waals surface area (Å²) in [5.74, 6) is 0.864. The number of hydrogen-bond acceptors (Lipinski definition) is 6. The van der Waals surface area contributed by atoms with E-state index in [2.05, 4.69) is 14.3 Å². The largest absolute Gasteiger partial charge is 0.392 e. The lowest BCUT2D eigenvalue weighted by molar-refractivity contribution is 0.0657. The number of anilines is 1. The average Bonchev–Trinajstić information content (AvgIpc) is 2.66. The van der Waals surface area contributed by atoms with E-state index in [0.717, 1.165) is 43.4 Å². The number of nitrogens with zero attached hydrogens (tertiary/aromatic N) is 4. The molecule has 1 saturated heterocycles. The van der Waals surface area contributed by atoms with Gasteiger partial charge in [-0.1, -0.05) is 0 Å². The summed E-state index contributed by atoms with van der Waals surface area (Å²) in [6.07, 6.45) is 1.80. The standard InChI is InChI=1S/C10H18N4OS/c1-13(2)10-11-9(12-16-10)7-14-5-3-4-8(15)6-14/h8,15H,3-7H2,1-2H3. The highest BCUT2D eigenvalue weighted by Crippen LogP contribution is 2.17. The number of piperidine rings is 1. The maximum absolute atomic E-state index is 9.56. The maximum Gasteiger partial charge on any atom is 0.204 e. The molecule has 0 spiro atoms. The molecule has 2 rings (SSSR count). The van der Waals surface area contributed by atoms with Crippen molar-refractivity contribution in [2.75, 3.05) is 32.1 Å². The molecule has 1 aromatic heterocycles. The van der Waals surface area contributed by atoms with Gasteiger partial charge in [0.25, 0.3) is 0 Å². The van der Waals surface area contributed by atoms with E-state index in [1.165, 1.54) is 11.5 Å². The number of aliphatic hydroxyl groups excluding tert-OH is 1. The first-order chi connectivity index (χ1) is 7.65. The van der Waals surface area contributed by atoms with Crippen molar-refractivity contribution in [3.63, 3.8) is 0 Å². The molecule has 2 heterocycles. The van der Waals surface area contributed by atoms with Gasteiger partial charge in [-0.2, -0.15) is 4.37 Å². The molecule has 1 N–H and O–H groups in total. The molecule has 1 aliphatic heterocycles. The van der Waals surface area contributed by atoms with Gasteiger partial charge in [-0.3, -0.25) is 4.90 Å². The van der Waals surface area contributed by atoms with Crippen LogP contribution in [0.5, 0.6) is 0 Å². The Bertz CT molecular complexity index is 341. The molecule has 90 valence electrons. The molecule has 16 heavy (non-hydrogen) atoms. The molecule has 1 unspecified atom stereocenters. The van der Waals surface area contributed by atoms with Crippen LogP contribution in [0.15, 0.2) is 0 Å². The summed E-state index contributed by atoms with van der Waals surface area (Å²) in [5, 5.41) is 10.5. The van der Waals surface area contributed by atoms with Gasteiger partial charge < -0.3 is 10.0 Å². The zero-order valence-electron chi connectivity index (χ0n) is 9.76. The lowest BCUT2D eigenvalue weighted by atomic mass is 10.1. The van der Waals surface area contributed by atoms with Crippen LogP contribution >= 0.6 is 11.5 Å². The molecule has 1 fully saturated rings. The second kappa shape index (κ2) is 5.07. The van der Waals surface area contributed by atoms with Gasteiger partial charge in [0.1, 0.15) is 0 Å². The van der Waals surface area contributed by atoms with Gasteiger partial charge in [0.05, 0.1) is 12.6 Å². The van der Waals surface area contributed by atoms with E-state index in [9.17, 15) is 5.11 Å². The number of rotatable bonds is 3. The van der Waals surface area contributed by atoms with Crippen molar-refractivity contribution in [3.8, 4) is 0 Å². The third-order valence-corrected chi connectivity index (χ3v) is 3.61. The summed E-state index contributed by atoms with van der Waals surface area (Å²) >= 11 is 1.42. The molecule has 6 heteroatoms. The highest BCUT2D eigenvalue weighted by Gasteiger charge is 2.19. The number of aliphatic hydroxyl groups is 1. The predicted octanol–water partition coefficient (Wildman–Crippen LogP) is 0.561.